The standard InChI is InChI=1S/C31H37ClN2O6/c1-18-10-24-23-9-4-20-11-25-19(14-34(33-25)21-5-7-22(35)8-6-21)12-27(20,2)30(23,32)26(36)13-28(24,3)31(18)29(39-17-40-31)15-37-16-38-29/h5-8,11,14,18,23-24,26,35-36H,4,9-10,12-13,15-17H2,1-3H3/t18-,23+,24+,26+,27+,28+,29?,30+,31-/m1/s1. The average molecular weight is 569 g/mol. The maximum atomic E-state index is 12.2. The van der Waals surface area contributed by atoms with Crippen molar-refractivity contribution in [2.75, 3.05) is 20.2 Å². The third-order valence-corrected chi connectivity index (χ3v) is 12.9. The van der Waals surface area contributed by atoms with Gasteiger partial charge in [-0.15, -0.1) is 11.6 Å². The van der Waals surface area contributed by atoms with Crippen molar-refractivity contribution in [3.05, 3.63) is 47.3 Å². The predicted molar refractivity (Wildman–Crippen MR) is 147 cm³/mol. The van der Waals surface area contributed by atoms with E-state index in [0.29, 0.717) is 19.4 Å². The highest BCUT2D eigenvalue weighted by molar-refractivity contribution is 6.25. The van der Waals surface area contributed by atoms with Crippen LogP contribution in [0.3, 0.4) is 0 Å². The zero-order chi connectivity index (χ0) is 27.7. The van der Waals surface area contributed by atoms with Crippen LogP contribution in [0.2, 0.25) is 0 Å². The summed E-state index contributed by atoms with van der Waals surface area (Å²) in [5.41, 5.74) is 2.73. The number of nitrogens with zero attached hydrogens (tertiary/aromatic N) is 2. The first-order valence-electron chi connectivity index (χ1n) is 14.5. The number of phenols is 1. The van der Waals surface area contributed by atoms with E-state index in [-0.39, 0.29) is 42.5 Å². The molecule has 214 valence electrons. The van der Waals surface area contributed by atoms with E-state index in [4.69, 9.17) is 35.6 Å². The van der Waals surface area contributed by atoms with Crippen LogP contribution in [0, 0.1) is 28.6 Å². The van der Waals surface area contributed by atoms with Crippen LogP contribution in [0.4, 0.5) is 0 Å². The normalized spacial score (nSPS) is 47.2. The monoisotopic (exact) mass is 568 g/mol. The average Bonchev–Trinajstić information content (AvgIpc) is 3.69. The number of aliphatic hydroxyl groups excluding tert-OH is 1. The fourth-order valence-corrected chi connectivity index (χ4v) is 10.8. The van der Waals surface area contributed by atoms with E-state index in [1.54, 1.807) is 12.1 Å². The van der Waals surface area contributed by atoms with Gasteiger partial charge in [-0.2, -0.15) is 5.10 Å². The molecule has 1 aromatic heterocycles. The molecule has 2 saturated heterocycles. The molecular formula is C31H37ClN2O6. The number of halogens is 1. The molecular weight excluding hydrogens is 532 g/mol. The van der Waals surface area contributed by atoms with Crippen molar-refractivity contribution in [3.63, 3.8) is 0 Å². The Labute approximate surface area is 239 Å². The maximum absolute atomic E-state index is 12.2. The molecule has 8 nitrogen and oxygen atoms in total. The topological polar surface area (TPSA) is 95.2 Å². The molecule has 0 bridgehead atoms. The molecule has 1 unspecified atom stereocenters. The smallest absolute Gasteiger partial charge is 0.227 e. The van der Waals surface area contributed by atoms with E-state index >= 15 is 0 Å². The summed E-state index contributed by atoms with van der Waals surface area (Å²) in [6.07, 6.45) is 7.54. The Bertz CT molecular complexity index is 1400. The molecule has 9 atom stereocenters. The van der Waals surface area contributed by atoms with Crippen molar-refractivity contribution in [1.29, 1.82) is 0 Å². The summed E-state index contributed by atoms with van der Waals surface area (Å²) in [6, 6.07) is 7.06. The molecule has 0 radical (unpaired) electrons. The quantitative estimate of drug-likeness (QED) is 0.478. The van der Waals surface area contributed by atoms with E-state index in [1.807, 2.05) is 16.8 Å². The molecule has 3 heterocycles. The number of ether oxygens (including phenoxy) is 4. The molecule has 1 aromatic carbocycles. The summed E-state index contributed by atoms with van der Waals surface area (Å²) in [7, 11) is 0. The van der Waals surface area contributed by atoms with Crippen LogP contribution in [0.1, 0.15) is 57.7 Å². The number of benzene rings is 1. The molecule has 8 rings (SSSR count). The van der Waals surface area contributed by atoms with E-state index in [2.05, 4.69) is 33.0 Å². The minimum atomic E-state index is -0.950. The zero-order valence-electron chi connectivity index (χ0n) is 23.2. The van der Waals surface area contributed by atoms with Crippen LogP contribution in [0.5, 0.6) is 5.75 Å². The molecule has 40 heavy (non-hydrogen) atoms. The molecule has 0 amide bonds. The number of fused-ring (bicyclic) bond motifs is 8. The number of aliphatic hydroxyl groups is 1. The SMILES string of the molecule is C[C@@H]1C[C@H]2[C@@H]3CCC4=Cc5nn(-c6ccc(O)cc6)cc5C[C@]4(C)[C@@]3(Cl)[C@@H](O)C[C@]2(C)[C@]12OCOC21COCO1. The van der Waals surface area contributed by atoms with Crippen LogP contribution in [0.15, 0.2) is 36.0 Å². The second-order valence-electron chi connectivity index (χ2n) is 13.5. The van der Waals surface area contributed by atoms with Gasteiger partial charge in [-0.1, -0.05) is 26.3 Å². The maximum Gasteiger partial charge on any atom is 0.227 e. The lowest BCUT2D eigenvalue weighted by Gasteiger charge is -2.65. The summed E-state index contributed by atoms with van der Waals surface area (Å²) in [5.74, 6) is -0.224. The van der Waals surface area contributed by atoms with Crippen molar-refractivity contribution < 1.29 is 29.2 Å². The zero-order valence-corrected chi connectivity index (χ0v) is 24.0. The largest absolute Gasteiger partial charge is 0.508 e. The molecule has 2 aliphatic heterocycles. The van der Waals surface area contributed by atoms with E-state index in [0.717, 1.165) is 36.2 Å². The number of hydrogen-bond donors (Lipinski definition) is 2. The fourth-order valence-electron chi connectivity index (χ4n) is 10.3. The molecule has 2 N–H and O–H groups in total. The summed E-state index contributed by atoms with van der Waals surface area (Å²) >= 11 is 7.90. The molecule has 6 aliphatic rings. The third-order valence-electron chi connectivity index (χ3n) is 12.0. The van der Waals surface area contributed by atoms with Gasteiger partial charge in [0.25, 0.3) is 0 Å². The van der Waals surface area contributed by atoms with E-state index in [9.17, 15) is 10.2 Å². The van der Waals surface area contributed by atoms with Crippen molar-refractivity contribution >= 4 is 17.7 Å². The number of allylic oxidation sites excluding steroid dienone is 1. The highest BCUT2D eigenvalue weighted by Gasteiger charge is 2.81. The van der Waals surface area contributed by atoms with Gasteiger partial charge >= 0.3 is 0 Å². The molecule has 5 fully saturated rings. The van der Waals surface area contributed by atoms with Gasteiger partial charge < -0.3 is 29.2 Å². The number of aromatic nitrogens is 2. The van der Waals surface area contributed by atoms with E-state index in [1.165, 1.54) is 5.57 Å². The van der Waals surface area contributed by atoms with Gasteiger partial charge in [0.15, 0.2) is 13.6 Å². The molecule has 2 aromatic rings. The van der Waals surface area contributed by atoms with Gasteiger partial charge in [-0.3, -0.25) is 0 Å². The predicted octanol–water partition coefficient (Wildman–Crippen LogP) is 4.78. The number of rotatable bonds is 1. The Morgan fingerprint density at radius 2 is 1.85 bits per heavy atom. The molecule has 3 saturated carbocycles. The fraction of sp³-hybridized carbons (Fsp3) is 0.645. The minimum absolute atomic E-state index is 0.101. The van der Waals surface area contributed by atoms with E-state index < -0.39 is 27.8 Å². The van der Waals surface area contributed by atoms with Crippen molar-refractivity contribution in [2.45, 2.75) is 75.2 Å². The Morgan fingerprint density at radius 1 is 1.07 bits per heavy atom. The van der Waals surface area contributed by atoms with Crippen molar-refractivity contribution in [3.8, 4) is 11.4 Å². The molecule has 9 heteroatoms. The van der Waals surface area contributed by atoms with Gasteiger partial charge in [0, 0.05) is 17.0 Å². The van der Waals surface area contributed by atoms with Gasteiger partial charge in [0.1, 0.15) is 18.0 Å². The number of phenolic OH excluding ortho intramolecular Hbond substituents is 1. The lowest BCUT2D eigenvalue weighted by molar-refractivity contribution is -0.264. The highest BCUT2D eigenvalue weighted by atomic mass is 35.5. The van der Waals surface area contributed by atoms with Crippen molar-refractivity contribution in [1.82, 2.24) is 9.78 Å². The summed E-state index contributed by atoms with van der Waals surface area (Å²) in [5, 5.41) is 26.8. The molecule has 2 spiro atoms. The Hall–Kier alpha value is -1.94. The van der Waals surface area contributed by atoms with Crippen LogP contribution in [-0.2, 0) is 25.4 Å². The number of aromatic hydroxyl groups is 1. The lowest BCUT2D eigenvalue weighted by Crippen LogP contribution is -2.71. The van der Waals surface area contributed by atoms with Crippen LogP contribution >= 0.6 is 11.6 Å². The summed E-state index contributed by atoms with van der Waals surface area (Å²) in [6.45, 7) is 7.46. The second kappa shape index (κ2) is 8.12. The van der Waals surface area contributed by atoms with Crippen LogP contribution < -0.4 is 0 Å². The number of hydrogen-bond acceptors (Lipinski definition) is 7. The Balaban J connectivity index is 1.19. The van der Waals surface area contributed by atoms with Gasteiger partial charge in [0.05, 0.1) is 22.4 Å². The lowest BCUT2D eigenvalue weighted by atomic mass is 9.44. The van der Waals surface area contributed by atoms with Crippen LogP contribution in [0.25, 0.3) is 11.8 Å². The van der Waals surface area contributed by atoms with Gasteiger partial charge in [-0.05, 0) is 85.8 Å². The van der Waals surface area contributed by atoms with Crippen LogP contribution in [-0.4, -0.2) is 62.6 Å². The van der Waals surface area contributed by atoms with Gasteiger partial charge in [-0.25, -0.2) is 4.68 Å². The first-order valence-corrected chi connectivity index (χ1v) is 14.9. The Kier molecular flexibility index (Phi) is 5.22. The third kappa shape index (κ3) is 2.83. The van der Waals surface area contributed by atoms with Gasteiger partial charge in [0.2, 0.25) is 5.79 Å². The highest BCUT2D eigenvalue weighted by Crippen LogP contribution is 2.75. The second-order valence-corrected chi connectivity index (χ2v) is 14.1. The first-order chi connectivity index (χ1) is 19.1. The van der Waals surface area contributed by atoms with Crippen molar-refractivity contribution in [2.24, 2.45) is 28.6 Å². The minimum Gasteiger partial charge on any atom is -0.508 e. The summed E-state index contributed by atoms with van der Waals surface area (Å²) < 4.78 is 26.6. The Morgan fingerprint density at radius 3 is 2.60 bits per heavy atom. The first kappa shape index (κ1) is 25.7. The summed E-state index contributed by atoms with van der Waals surface area (Å²) in [4.78, 5) is -0.829. The number of alkyl halides is 1. The molecule has 4 aliphatic carbocycles.